The lowest BCUT2D eigenvalue weighted by Gasteiger charge is -2.42. The highest BCUT2D eigenvalue weighted by Gasteiger charge is 2.44. The molecule has 2 heterocycles. The van der Waals surface area contributed by atoms with Crippen LogP contribution in [0.3, 0.4) is 0 Å². The van der Waals surface area contributed by atoms with E-state index in [1.807, 2.05) is 0 Å². The second kappa shape index (κ2) is 6.05. The van der Waals surface area contributed by atoms with Crippen LogP contribution in [-0.2, 0) is 4.74 Å². The topological polar surface area (TPSA) is 21.3 Å². The third-order valence-electron chi connectivity index (χ3n) is 6.98. The van der Waals surface area contributed by atoms with Crippen molar-refractivity contribution in [1.29, 1.82) is 0 Å². The van der Waals surface area contributed by atoms with E-state index in [1.165, 1.54) is 56.5 Å². The average molecular weight is 310 g/mol. The third-order valence-corrected chi connectivity index (χ3v) is 8.20. The van der Waals surface area contributed by atoms with E-state index in [9.17, 15) is 0 Å². The normalized spacial score (nSPS) is 47.3. The van der Waals surface area contributed by atoms with Crippen LogP contribution in [0.5, 0.6) is 0 Å². The summed E-state index contributed by atoms with van der Waals surface area (Å²) in [6.07, 6.45) is 11.5. The summed E-state index contributed by atoms with van der Waals surface area (Å²) < 4.78 is 6.22. The fraction of sp³-hybridized carbons (Fsp3) is 1.00. The lowest BCUT2D eigenvalue weighted by atomic mass is 9.76. The van der Waals surface area contributed by atoms with E-state index >= 15 is 0 Å². The van der Waals surface area contributed by atoms with Gasteiger partial charge < -0.3 is 10.1 Å². The van der Waals surface area contributed by atoms with Gasteiger partial charge in [-0.3, -0.25) is 0 Å². The second-order valence-electron chi connectivity index (χ2n) is 8.15. The summed E-state index contributed by atoms with van der Waals surface area (Å²) in [4.78, 5) is 0. The predicted octanol–water partition coefficient (Wildman–Crippen LogP) is 3.70. The van der Waals surface area contributed by atoms with Gasteiger partial charge in [0, 0.05) is 18.4 Å². The maximum absolute atomic E-state index is 6.22. The highest BCUT2D eigenvalue weighted by molar-refractivity contribution is 7.99. The molecule has 2 bridgehead atoms. The molecule has 6 unspecified atom stereocenters. The Balaban J connectivity index is 1.38. The smallest absolute Gasteiger partial charge is 0.0783 e. The summed E-state index contributed by atoms with van der Waals surface area (Å²) in [5.74, 6) is 6.59. The van der Waals surface area contributed by atoms with Gasteiger partial charge in [-0.15, -0.1) is 0 Å². The van der Waals surface area contributed by atoms with Crippen LogP contribution in [0.25, 0.3) is 0 Å². The van der Waals surface area contributed by atoms with Crippen LogP contribution in [0.15, 0.2) is 0 Å². The quantitative estimate of drug-likeness (QED) is 0.855. The van der Waals surface area contributed by atoms with Crippen molar-refractivity contribution in [2.75, 3.05) is 25.2 Å². The maximum Gasteiger partial charge on any atom is 0.0783 e. The van der Waals surface area contributed by atoms with Crippen LogP contribution in [0.1, 0.15) is 51.4 Å². The fourth-order valence-electron chi connectivity index (χ4n) is 5.81. The van der Waals surface area contributed by atoms with E-state index in [4.69, 9.17) is 4.74 Å². The standard InChI is InChI=1S/C18H31NOS/c1-19-17(10-16-9-13-2-3-14(16)8-13)15-4-6-20-18(11-15)5-7-21-12-18/h13-17,19H,2-12H2,1H3. The van der Waals surface area contributed by atoms with Crippen molar-refractivity contribution in [3.8, 4) is 0 Å². The van der Waals surface area contributed by atoms with E-state index in [0.717, 1.165) is 36.3 Å². The van der Waals surface area contributed by atoms with Gasteiger partial charge in [0.1, 0.15) is 0 Å². The highest BCUT2D eigenvalue weighted by Crippen LogP contribution is 2.51. The lowest BCUT2D eigenvalue weighted by molar-refractivity contribution is -0.0861. The van der Waals surface area contributed by atoms with Crippen molar-refractivity contribution in [1.82, 2.24) is 5.32 Å². The van der Waals surface area contributed by atoms with E-state index < -0.39 is 0 Å². The summed E-state index contributed by atoms with van der Waals surface area (Å²) in [5.41, 5.74) is 0.247. The third kappa shape index (κ3) is 2.90. The Morgan fingerprint density at radius 1 is 1.29 bits per heavy atom. The first-order chi connectivity index (χ1) is 10.3. The maximum atomic E-state index is 6.22. The van der Waals surface area contributed by atoms with Gasteiger partial charge in [0.05, 0.1) is 5.60 Å². The molecule has 6 atom stereocenters. The molecule has 0 radical (unpaired) electrons. The van der Waals surface area contributed by atoms with Crippen LogP contribution >= 0.6 is 11.8 Å². The number of thioether (sulfide) groups is 1. The minimum absolute atomic E-state index is 0.247. The van der Waals surface area contributed by atoms with Crippen LogP contribution in [0.2, 0.25) is 0 Å². The van der Waals surface area contributed by atoms with Crippen molar-refractivity contribution in [3.63, 3.8) is 0 Å². The van der Waals surface area contributed by atoms with Crippen molar-refractivity contribution in [3.05, 3.63) is 0 Å². The first-order valence-corrected chi connectivity index (χ1v) is 10.3. The molecule has 21 heavy (non-hydrogen) atoms. The van der Waals surface area contributed by atoms with Gasteiger partial charge in [-0.25, -0.2) is 0 Å². The lowest BCUT2D eigenvalue weighted by Crippen LogP contribution is -2.47. The molecule has 4 fully saturated rings. The van der Waals surface area contributed by atoms with Gasteiger partial charge in [0.2, 0.25) is 0 Å². The molecular weight excluding hydrogens is 278 g/mol. The summed E-state index contributed by atoms with van der Waals surface area (Å²) >= 11 is 2.10. The van der Waals surface area contributed by atoms with E-state index in [0.29, 0.717) is 0 Å². The van der Waals surface area contributed by atoms with E-state index in [2.05, 4.69) is 24.1 Å². The number of rotatable bonds is 4. The number of hydrogen-bond acceptors (Lipinski definition) is 3. The molecule has 0 aromatic carbocycles. The molecule has 4 aliphatic rings. The molecular formula is C18H31NOS. The number of fused-ring (bicyclic) bond motifs is 2. The zero-order valence-electron chi connectivity index (χ0n) is 13.5. The molecule has 3 heteroatoms. The molecule has 2 aliphatic carbocycles. The van der Waals surface area contributed by atoms with E-state index in [-0.39, 0.29) is 5.60 Å². The summed E-state index contributed by atoms with van der Waals surface area (Å²) in [6.45, 7) is 1.00. The predicted molar refractivity (Wildman–Crippen MR) is 89.8 cm³/mol. The van der Waals surface area contributed by atoms with Crippen LogP contribution in [0.4, 0.5) is 0 Å². The number of nitrogens with one attached hydrogen (secondary N) is 1. The zero-order valence-corrected chi connectivity index (χ0v) is 14.3. The Hall–Kier alpha value is 0.270. The molecule has 1 spiro atoms. The molecule has 0 aromatic heterocycles. The van der Waals surface area contributed by atoms with Crippen LogP contribution in [-0.4, -0.2) is 36.8 Å². The van der Waals surface area contributed by atoms with Crippen LogP contribution < -0.4 is 5.32 Å². The molecule has 120 valence electrons. The monoisotopic (exact) mass is 309 g/mol. The Bertz CT molecular complexity index is 368. The minimum atomic E-state index is 0.247. The SMILES string of the molecule is CNC(CC1CC2CCC1C2)C1CCOC2(CCSC2)C1. The van der Waals surface area contributed by atoms with Gasteiger partial charge in [0.15, 0.2) is 0 Å². The molecule has 4 rings (SSSR count). The largest absolute Gasteiger partial charge is 0.374 e. The zero-order chi connectivity index (χ0) is 14.3. The molecule has 0 amide bonds. The summed E-state index contributed by atoms with van der Waals surface area (Å²) in [6, 6.07) is 0.737. The highest BCUT2D eigenvalue weighted by atomic mass is 32.2. The van der Waals surface area contributed by atoms with Crippen LogP contribution in [0, 0.1) is 23.7 Å². The van der Waals surface area contributed by atoms with Crippen molar-refractivity contribution < 1.29 is 4.74 Å². The molecule has 2 nitrogen and oxygen atoms in total. The first kappa shape index (κ1) is 14.8. The first-order valence-electron chi connectivity index (χ1n) is 9.17. The Morgan fingerprint density at radius 3 is 2.90 bits per heavy atom. The van der Waals surface area contributed by atoms with Gasteiger partial charge in [-0.1, -0.05) is 6.42 Å². The van der Waals surface area contributed by atoms with Gasteiger partial charge in [-0.05, 0) is 81.4 Å². The van der Waals surface area contributed by atoms with Gasteiger partial charge in [-0.2, -0.15) is 11.8 Å². The molecule has 2 aliphatic heterocycles. The van der Waals surface area contributed by atoms with Crippen molar-refractivity contribution >= 4 is 11.8 Å². The molecule has 2 saturated heterocycles. The van der Waals surface area contributed by atoms with Gasteiger partial charge >= 0.3 is 0 Å². The Kier molecular flexibility index (Phi) is 4.27. The Labute approximate surface area is 134 Å². The molecule has 1 N–H and O–H groups in total. The summed E-state index contributed by atoms with van der Waals surface area (Å²) in [5, 5.41) is 3.70. The number of hydrogen-bond donors (Lipinski definition) is 1. The fourth-order valence-corrected chi connectivity index (χ4v) is 7.19. The molecule has 0 aromatic rings. The number of ether oxygens (including phenoxy) is 1. The van der Waals surface area contributed by atoms with E-state index in [1.54, 1.807) is 6.42 Å². The van der Waals surface area contributed by atoms with Gasteiger partial charge in [0.25, 0.3) is 0 Å². The van der Waals surface area contributed by atoms with Crippen molar-refractivity contribution in [2.45, 2.75) is 63.0 Å². The second-order valence-corrected chi connectivity index (χ2v) is 9.26. The summed E-state index contributed by atoms with van der Waals surface area (Å²) in [7, 11) is 2.20. The average Bonchev–Trinajstić information content (AvgIpc) is 3.22. The Morgan fingerprint density at radius 2 is 2.24 bits per heavy atom. The minimum Gasteiger partial charge on any atom is -0.374 e. The van der Waals surface area contributed by atoms with Crippen molar-refractivity contribution in [2.24, 2.45) is 23.7 Å². The molecule has 2 saturated carbocycles.